The number of benzene rings is 2. The van der Waals surface area contributed by atoms with Crippen LogP contribution in [0.25, 0.3) is 0 Å². The highest BCUT2D eigenvalue weighted by Gasteiger charge is 1.97. The molecule has 0 unspecified atom stereocenters. The van der Waals surface area contributed by atoms with Crippen molar-refractivity contribution in [1.82, 2.24) is 5.32 Å². The van der Waals surface area contributed by atoms with Crippen LogP contribution in [0.1, 0.15) is 16.7 Å². The molecule has 2 nitrogen and oxygen atoms in total. The Morgan fingerprint density at radius 2 is 1.68 bits per heavy atom. The molecule has 0 spiro atoms. The molecule has 0 fully saturated rings. The van der Waals surface area contributed by atoms with Crippen molar-refractivity contribution in [3.63, 3.8) is 0 Å². The molecule has 2 aromatic rings. The molecule has 0 aromatic heterocycles. The summed E-state index contributed by atoms with van der Waals surface area (Å²) in [5, 5.41) is 6.90. The average molecular weight is 254 g/mol. The van der Waals surface area contributed by atoms with Crippen molar-refractivity contribution in [3.05, 3.63) is 65.2 Å². The predicted molar refractivity (Wildman–Crippen MR) is 82.6 cm³/mol. The molecule has 0 aliphatic rings. The minimum atomic E-state index is 0.926. The molecule has 0 saturated heterocycles. The Morgan fingerprint density at radius 1 is 0.895 bits per heavy atom. The van der Waals surface area contributed by atoms with Crippen LogP contribution < -0.4 is 10.6 Å². The molecule has 100 valence electrons. The summed E-state index contributed by atoms with van der Waals surface area (Å²) >= 11 is 0. The molecule has 0 amide bonds. The number of hydrogen-bond acceptors (Lipinski definition) is 2. The van der Waals surface area contributed by atoms with Gasteiger partial charge in [0, 0.05) is 25.3 Å². The van der Waals surface area contributed by atoms with E-state index >= 15 is 0 Å². The monoisotopic (exact) mass is 254 g/mol. The maximum absolute atomic E-state index is 3.46. The van der Waals surface area contributed by atoms with E-state index in [2.05, 4.69) is 66.9 Å². The Labute approximate surface area is 115 Å². The van der Waals surface area contributed by atoms with Gasteiger partial charge in [0.25, 0.3) is 0 Å². The molecule has 19 heavy (non-hydrogen) atoms. The van der Waals surface area contributed by atoms with E-state index in [1.165, 1.54) is 22.4 Å². The van der Waals surface area contributed by atoms with Gasteiger partial charge in [-0.15, -0.1) is 0 Å². The predicted octanol–water partition coefficient (Wildman–Crippen LogP) is 3.51. The first-order valence-corrected chi connectivity index (χ1v) is 6.81. The topological polar surface area (TPSA) is 24.1 Å². The molecule has 2 N–H and O–H groups in total. The Kier molecular flexibility index (Phi) is 4.99. The van der Waals surface area contributed by atoms with Crippen LogP contribution in [0.2, 0.25) is 0 Å². The summed E-state index contributed by atoms with van der Waals surface area (Å²) in [6.07, 6.45) is 0. The first kappa shape index (κ1) is 13.6. The summed E-state index contributed by atoms with van der Waals surface area (Å²) in [5.41, 5.74) is 5.18. The van der Waals surface area contributed by atoms with E-state index in [1.54, 1.807) is 0 Å². The number of hydrogen-bond donors (Lipinski definition) is 2. The zero-order valence-corrected chi connectivity index (χ0v) is 11.7. The van der Waals surface area contributed by atoms with Gasteiger partial charge < -0.3 is 10.6 Å². The molecule has 0 aliphatic heterocycles. The zero-order chi connectivity index (χ0) is 13.5. The van der Waals surface area contributed by atoms with Gasteiger partial charge in [0.05, 0.1) is 0 Å². The maximum Gasteiger partial charge on any atom is 0.0370 e. The van der Waals surface area contributed by atoms with Crippen molar-refractivity contribution in [2.45, 2.75) is 20.4 Å². The standard InChI is InChI=1S/C17H22N2/c1-14-8-9-17(15(2)12-14)19-11-10-18-13-16-6-4-3-5-7-16/h3-9,12,18-19H,10-11,13H2,1-2H3. The average Bonchev–Trinajstić information content (AvgIpc) is 2.42. The first-order valence-electron chi connectivity index (χ1n) is 6.81. The smallest absolute Gasteiger partial charge is 0.0370 e. The summed E-state index contributed by atoms with van der Waals surface area (Å²) in [6, 6.07) is 17.0. The second kappa shape index (κ2) is 6.95. The first-order chi connectivity index (χ1) is 9.25. The number of anilines is 1. The van der Waals surface area contributed by atoms with Gasteiger partial charge in [0.15, 0.2) is 0 Å². The normalized spacial score (nSPS) is 10.4. The van der Waals surface area contributed by atoms with Crippen LogP contribution in [0.15, 0.2) is 48.5 Å². The third kappa shape index (κ3) is 4.42. The minimum absolute atomic E-state index is 0.926. The minimum Gasteiger partial charge on any atom is -0.384 e. The second-order valence-electron chi connectivity index (χ2n) is 4.91. The van der Waals surface area contributed by atoms with Crippen LogP contribution in [0.3, 0.4) is 0 Å². The summed E-state index contributed by atoms with van der Waals surface area (Å²) in [4.78, 5) is 0. The van der Waals surface area contributed by atoms with Gasteiger partial charge in [0.2, 0.25) is 0 Å². The summed E-state index contributed by atoms with van der Waals surface area (Å²) in [5.74, 6) is 0. The van der Waals surface area contributed by atoms with E-state index < -0.39 is 0 Å². The molecule has 2 aromatic carbocycles. The van der Waals surface area contributed by atoms with Crippen molar-refractivity contribution < 1.29 is 0 Å². The molecule has 0 aliphatic carbocycles. The van der Waals surface area contributed by atoms with Crippen molar-refractivity contribution in [1.29, 1.82) is 0 Å². The lowest BCUT2D eigenvalue weighted by Crippen LogP contribution is -2.21. The Morgan fingerprint density at radius 3 is 2.42 bits per heavy atom. The molecule has 0 bridgehead atoms. The van der Waals surface area contributed by atoms with E-state index in [0.29, 0.717) is 0 Å². The van der Waals surface area contributed by atoms with Crippen molar-refractivity contribution in [2.24, 2.45) is 0 Å². The van der Waals surface area contributed by atoms with Crippen LogP contribution in [0.5, 0.6) is 0 Å². The van der Waals surface area contributed by atoms with Crippen LogP contribution in [0.4, 0.5) is 5.69 Å². The third-order valence-corrected chi connectivity index (χ3v) is 3.17. The highest BCUT2D eigenvalue weighted by atomic mass is 14.9. The Hall–Kier alpha value is -1.80. The molecule has 2 rings (SSSR count). The van der Waals surface area contributed by atoms with Crippen LogP contribution in [0, 0.1) is 13.8 Å². The SMILES string of the molecule is Cc1ccc(NCCNCc2ccccc2)c(C)c1. The van der Waals surface area contributed by atoms with Crippen LogP contribution in [-0.4, -0.2) is 13.1 Å². The fourth-order valence-corrected chi connectivity index (χ4v) is 2.13. The van der Waals surface area contributed by atoms with E-state index in [4.69, 9.17) is 0 Å². The van der Waals surface area contributed by atoms with E-state index in [1.807, 2.05) is 6.07 Å². The van der Waals surface area contributed by atoms with Gasteiger partial charge >= 0.3 is 0 Å². The number of nitrogens with one attached hydrogen (secondary N) is 2. The summed E-state index contributed by atoms with van der Waals surface area (Å²) in [7, 11) is 0. The van der Waals surface area contributed by atoms with Gasteiger partial charge in [-0.1, -0.05) is 48.0 Å². The molecule has 0 heterocycles. The van der Waals surface area contributed by atoms with Crippen LogP contribution >= 0.6 is 0 Å². The maximum atomic E-state index is 3.46. The number of aryl methyl sites for hydroxylation is 2. The fourth-order valence-electron chi connectivity index (χ4n) is 2.13. The molecular formula is C17H22N2. The van der Waals surface area contributed by atoms with Crippen molar-refractivity contribution >= 4 is 5.69 Å². The third-order valence-electron chi connectivity index (χ3n) is 3.17. The lowest BCUT2D eigenvalue weighted by molar-refractivity contribution is 0.707. The van der Waals surface area contributed by atoms with Gasteiger partial charge in [-0.2, -0.15) is 0 Å². The second-order valence-corrected chi connectivity index (χ2v) is 4.91. The van der Waals surface area contributed by atoms with Gasteiger partial charge in [-0.05, 0) is 31.0 Å². The zero-order valence-electron chi connectivity index (χ0n) is 11.7. The fraction of sp³-hybridized carbons (Fsp3) is 0.294. The largest absolute Gasteiger partial charge is 0.384 e. The van der Waals surface area contributed by atoms with Crippen molar-refractivity contribution in [3.8, 4) is 0 Å². The molecular weight excluding hydrogens is 232 g/mol. The van der Waals surface area contributed by atoms with E-state index in [9.17, 15) is 0 Å². The molecule has 0 radical (unpaired) electrons. The molecule has 2 heteroatoms. The van der Waals surface area contributed by atoms with Crippen LogP contribution in [-0.2, 0) is 6.54 Å². The molecule has 0 saturated carbocycles. The Bertz CT molecular complexity index is 506. The lowest BCUT2D eigenvalue weighted by atomic mass is 10.1. The van der Waals surface area contributed by atoms with Gasteiger partial charge in [0.1, 0.15) is 0 Å². The van der Waals surface area contributed by atoms with Gasteiger partial charge in [-0.3, -0.25) is 0 Å². The van der Waals surface area contributed by atoms with Gasteiger partial charge in [-0.25, -0.2) is 0 Å². The van der Waals surface area contributed by atoms with E-state index in [0.717, 1.165) is 19.6 Å². The highest BCUT2D eigenvalue weighted by molar-refractivity contribution is 5.51. The highest BCUT2D eigenvalue weighted by Crippen LogP contribution is 2.15. The lowest BCUT2D eigenvalue weighted by Gasteiger charge is -2.11. The summed E-state index contributed by atoms with van der Waals surface area (Å²) < 4.78 is 0. The summed E-state index contributed by atoms with van der Waals surface area (Å²) in [6.45, 7) is 7.10. The molecule has 0 atom stereocenters. The quantitative estimate of drug-likeness (QED) is 0.771. The van der Waals surface area contributed by atoms with E-state index in [-0.39, 0.29) is 0 Å². The number of rotatable bonds is 6. The van der Waals surface area contributed by atoms with Crippen molar-refractivity contribution in [2.75, 3.05) is 18.4 Å². The Balaban J connectivity index is 1.69.